The van der Waals surface area contributed by atoms with Crippen molar-refractivity contribution in [3.8, 4) is 5.75 Å². The molecular formula is C34H43ClN6O4S. The van der Waals surface area contributed by atoms with Crippen molar-refractivity contribution in [2.75, 3.05) is 17.7 Å². The van der Waals surface area contributed by atoms with Gasteiger partial charge < -0.3 is 20.3 Å². The van der Waals surface area contributed by atoms with Gasteiger partial charge in [0.15, 0.2) is 15.7 Å². The number of rotatable bonds is 12. The van der Waals surface area contributed by atoms with Crippen LogP contribution in [0.15, 0.2) is 60.1 Å². The monoisotopic (exact) mass is 666 g/mol. The lowest BCUT2D eigenvalue weighted by Crippen LogP contribution is -2.43. The number of amides is 1. The first-order chi connectivity index (χ1) is 21.8. The molecule has 246 valence electrons. The van der Waals surface area contributed by atoms with Gasteiger partial charge in [-0.25, -0.2) is 13.4 Å². The number of hydrogen-bond donors (Lipinski definition) is 2. The molecule has 0 unspecified atom stereocenters. The fourth-order valence-corrected chi connectivity index (χ4v) is 7.52. The molecule has 46 heavy (non-hydrogen) atoms. The van der Waals surface area contributed by atoms with Gasteiger partial charge >= 0.3 is 0 Å². The second kappa shape index (κ2) is 13.6. The van der Waals surface area contributed by atoms with Crippen molar-refractivity contribution in [3.05, 3.63) is 71.4 Å². The van der Waals surface area contributed by atoms with Gasteiger partial charge in [0.1, 0.15) is 10.8 Å². The van der Waals surface area contributed by atoms with E-state index < -0.39 is 15.1 Å². The van der Waals surface area contributed by atoms with E-state index in [1.165, 1.54) is 6.20 Å². The van der Waals surface area contributed by atoms with Crippen LogP contribution in [0.1, 0.15) is 69.8 Å². The van der Waals surface area contributed by atoms with Crippen LogP contribution in [0.4, 0.5) is 23.1 Å². The minimum absolute atomic E-state index is 0.00823. The standard InChI is InChI=1S/C34H43ClN6O4S/c1-8-9-12-24-16-29(22(6)40(24)7)41-19-23-15-30(45-20(2)3)28(17-25(23)33(41)42)38-34-36-18-26(35)32(39-34)37-27-13-10-11-14-31(27)46(43,44)21(4)5/h8,10-11,13-15,17-18,20-22,24,29H,1,9,12,16,19H2,2-7H3,(H2,36,37,38,39)/t22-,24-,29+/m0/s1. The Morgan fingerprint density at radius 3 is 2.59 bits per heavy atom. The van der Waals surface area contributed by atoms with Crippen LogP contribution in [0.25, 0.3) is 0 Å². The zero-order chi connectivity index (χ0) is 33.3. The third-order valence-electron chi connectivity index (χ3n) is 8.85. The SMILES string of the molecule is C=CCC[C@H]1C[C@@H](N2Cc3cc(OC(C)C)c(Nc4ncc(Cl)c(Nc5ccccc5S(=O)(=O)C(C)C)n4)cc3C2=O)[C@H](C)N1C. The second-order valence-electron chi connectivity index (χ2n) is 12.6. The Bertz CT molecular complexity index is 1730. The summed E-state index contributed by atoms with van der Waals surface area (Å²) in [6, 6.07) is 11.1. The van der Waals surface area contributed by atoms with Crippen molar-refractivity contribution in [3.63, 3.8) is 0 Å². The molecule has 0 radical (unpaired) electrons. The Morgan fingerprint density at radius 2 is 1.89 bits per heavy atom. The number of likely N-dealkylation sites (tertiary alicyclic amines) is 1. The van der Waals surface area contributed by atoms with Crippen molar-refractivity contribution in [1.29, 1.82) is 0 Å². The lowest BCUT2D eigenvalue weighted by atomic mass is 10.0. The Hall–Kier alpha value is -3.67. The highest BCUT2D eigenvalue weighted by Gasteiger charge is 2.43. The van der Waals surface area contributed by atoms with Crippen LogP contribution in [-0.2, 0) is 16.4 Å². The van der Waals surface area contributed by atoms with E-state index in [0.717, 1.165) is 24.8 Å². The number of anilines is 4. The summed E-state index contributed by atoms with van der Waals surface area (Å²) in [5.41, 5.74) is 2.42. The number of carbonyl (C=O) groups excluding carboxylic acids is 1. The molecule has 3 heterocycles. The third-order valence-corrected chi connectivity index (χ3v) is 11.3. The molecule has 2 N–H and O–H groups in total. The molecule has 2 aliphatic rings. The van der Waals surface area contributed by atoms with Gasteiger partial charge in [-0.3, -0.25) is 9.69 Å². The van der Waals surface area contributed by atoms with E-state index in [1.807, 2.05) is 37.0 Å². The van der Waals surface area contributed by atoms with Crippen LogP contribution in [0, 0.1) is 0 Å². The van der Waals surface area contributed by atoms with E-state index in [2.05, 4.69) is 46.1 Å². The normalized spacial score (nSPS) is 20.0. The molecule has 12 heteroatoms. The minimum atomic E-state index is -3.58. The second-order valence-corrected chi connectivity index (χ2v) is 15.4. The number of ether oxygens (including phenoxy) is 1. The molecule has 0 bridgehead atoms. The number of aromatic nitrogens is 2. The van der Waals surface area contributed by atoms with Gasteiger partial charge in [0.2, 0.25) is 5.95 Å². The molecule has 3 aromatic rings. The van der Waals surface area contributed by atoms with Crippen molar-refractivity contribution in [1.82, 2.24) is 19.8 Å². The first-order valence-corrected chi connectivity index (χ1v) is 17.6. The molecule has 0 spiro atoms. The number of benzene rings is 2. The number of allylic oxidation sites excluding steroid dienone is 1. The van der Waals surface area contributed by atoms with Crippen LogP contribution >= 0.6 is 11.6 Å². The molecule has 1 fully saturated rings. The number of sulfone groups is 1. The van der Waals surface area contributed by atoms with Gasteiger partial charge in [-0.15, -0.1) is 6.58 Å². The van der Waals surface area contributed by atoms with Gasteiger partial charge in [0.05, 0.1) is 33.8 Å². The molecule has 10 nitrogen and oxygen atoms in total. The van der Waals surface area contributed by atoms with E-state index >= 15 is 0 Å². The van der Waals surface area contributed by atoms with Crippen molar-refractivity contribution >= 4 is 50.5 Å². The molecular weight excluding hydrogens is 624 g/mol. The molecule has 1 aromatic heterocycles. The predicted molar refractivity (Wildman–Crippen MR) is 183 cm³/mol. The van der Waals surface area contributed by atoms with Crippen molar-refractivity contribution in [2.45, 2.75) is 94.8 Å². The summed E-state index contributed by atoms with van der Waals surface area (Å²) in [7, 11) is -1.44. The number of nitrogens with zero attached hydrogens (tertiary/aromatic N) is 4. The maximum atomic E-state index is 13.9. The summed E-state index contributed by atoms with van der Waals surface area (Å²) in [6.45, 7) is 13.7. The lowest BCUT2D eigenvalue weighted by molar-refractivity contribution is 0.0671. The first-order valence-electron chi connectivity index (χ1n) is 15.7. The van der Waals surface area contributed by atoms with Crippen LogP contribution in [0.2, 0.25) is 5.02 Å². The van der Waals surface area contributed by atoms with E-state index in [-0.39, 0.29) is 45.8 Å². The highest BCUT2D eigenvalue weighted by molar-refractivity contribution is 7.92. The van der Waals surface area contributed by atoms with Crippen LogP contribution < -0.4 is 15.4 Å². The molecule has 2 aromatic carbocycles. The van der Waals surface area contributed by atoms with Gasteiger partial charge in [0, 0.05) is 30.2 Å². The molecule has 3 atom stereocenters. The average molecular weight is 667 g/mol. The number of nitrogens with one attached hydrogen (secondary N) is 2. The fourth-order valence-electron chi connectivity index (χ4n) is 6.18. The van der Waals surface area contributed by atoms with E-state index in [9.17, 15) is 13.2 Å². The average Bonchev–Trinajstić information content (AvgIpc) is 3.47. The van der Waals surface area contributed by atoms with Crippen molar-refractivity contribution in [2.24, 2.45) is 0 Å². The first kappa shape index (κ1) is 33.7. The van der Waals surface area contributed by atoms with E-state index in [4.69, 9.17) is 16.3 Å². The maximum absolute atomic E-state index is 13.9. The summed E-state index contributed by atoms with van der Waals surface area (Å²) in [5.74, 6) is 0.991. The number of halogens is 1. The Kier molecular flexibility index (Phi) is 9.95. The topological polar surface area (TPSA) is 117 Å². The Morgan fingerprint density at radius 1 is 1.15 bits per heavy atom. The summed E-state index contributed by atoms with van der Waals surface area (Å²) >= 11 is 6.46. The molecule has 5 rings (SSSR count). The summed E-state index contributed by atoms with van der Waals surface area (Å²) in [6.07, 6.45) is 6.15. The number of fused-ring (bicyclic) bond motifs is 1. The molecule has 1 amide bonds. The molecule has 0 aliphatic carbocycles. The fraction of sp³-hybridized carbons (Fsp3) is 0.441. The molecule has 0 saturated carbocycles. The van der Waals surface area contributed by atoms with Gasteiger partial charge in [-0.1, -0.05) is 29.8 Å². The van der Waals surface area contributed by atoms with Crippen LogP contribution in [0.5, 0.6) is 5.75 Å². The molecule has 2 aliphatic heterocycles. The summed E-state index contributed by atoms with van der Waals surface area (Å²) in [4.78, 5) is 27.3. The lowest BCUT2D eigenvalue weighted by Gasteiger charge is -2.29. The maximum Gasteiger partial charge on any atom is 0.254 e. The van der Waals surface area contributed by atoms with Gasteiger partial charge in [-0.05, 0) is 90.8 Å². The summed E-state index contributed by atoms with van der Waals surface area (Å²) in [5, 5.41) is 5.91. The zero-order valence-corrected chi connectivity index (χ0v) is 28.8. The minimum Gasteiger partial charge on any atom is -0.489 e. The van der Waals surface area contributed by atoms with E-state index in [0.29, 0.717) is 35.3 Å². The number of carbonyl (C=O) groups is 1. The number of para-hydroxylation sites is 1. The Labute approximate surface area is 277 Å². The number of likely N-dealkylation sites (N-methyl/N-ethyl adjacent to an activating group) is 1. The van der Waals surface area contributed by atoms with Gasteiger partial charge in [0.25, 0.3) is 5.91 Å². The third kappa shape index (κ3) is 6.72. The smallest absolute Gasteiger partial charge is 0.254 e. The zero-order valence-electron chi connectivity index (χ0n) is 27.2. The number of hydrogen-bond acceptors (Lipinski definition) is 9. The largest absolute Gasteiger partial charge is 0.489 e. The van der Waals surface area contributed by atoms with Crippen LogP contribution in [-0.4, -0.2) is 70.6 Å². The predicted octanol–water partition coefficient (Wildman–Crippen LogP) is 6.97. The van der Waals surface area contributed by atoms with Gasteiger partial charge in [-0.2, -0.15) is 4.98 Å². The molecule has 1 saturated heterocycles. The van der Waals surface area contributed by atoms with Crippen molar-refractivity contribution < 1.29 is 17.9 Å². The van der Waals surface area contributed by atoms with Crippen LogP contribution in [0.3, 0.4) is 0 Å². The quantitative estimate of drug-likeness (QED) is 0.198. The Balaban J connectivity index is 1.43. The highest BCUT2D eigenvalue weighted by atomic mass is 35.5. The highest BCUT2D eigenvalue weighted by Crippen LogP contribution is 2.40. The summed E-state index contributed by atoms with van der Waals surface area (Å²) < 4.78 is 32.2. The van der Waals surface area contributed by atoms with E-state index in [1.54, 1.807) is 38.1 Å².